The molecule has 7 nitrogen and oxygen atoms in total. The third-order valence-electron chi connectivity index (χ3n) is 2.71. The lowest BCUT2D eigenvalue weighted by atomic mass is 10.2. The van der Waals surface area contributed by atoms with Crippen molar-refractivity contribution < 1.29 is 0 Å². The van der Waals surface area contributed by atoms with Crippen molar-refractivity contribution in [2.24, 2.45) is 7.05 Å². The van der Waals surface area contributed by atoms with Gasteiger partial charge in [0.2, 0.25) is 0 Å². The molecular weight excluding hydrogens is 230 g/mol. The average Bonchev–Trinajstić information content (AvgIpc) is 2.92. The molecule has 0 aliphatic carbocycles. The third kappa shape index (κ3) is 1.68. The van der Waals surface area contributed by atoms with Crippen LogP contribution < -0.4 is 5.73 Å². The highest BCUT2D eigenvalue weighted by molar-refractivity contribution is 5.70. The Hall–Kier alpha value is -2.80. The van der Waals surface area contributed by atoms with Crippen LogP contribution >= 0.6 is 0 Å². The largest absolute Gasteiger partial charge is 0.393 e. The van der Waals surface area contributed by atoms with E-state index in [1.165, 1.54) is 4.68 Å². The molecule has 0 aliphatic rings. The Bertz CT molecular complexity index is 665. The van der Waals surface area contributed by atoms with Gasteiger partial charge in [-0.25, -0.2) is 4.85 Å². The molecule has 18 heavy (non-hydrogen) atoms. The molecule has 7 heteroatoms. The van der Waals surface area contributed by atoms with Gasteiger partial charge in [0.25, 0.3) is 5.69 Å². The summed E-state index contributed by atoms with van der Waals surface area (Å²) in [5.74, 6) is 0.206. The molecule has 0 amide bonds. The van der Waals surface area contributed by atoms with Gasteiger partial charge in [-0.15, -0.1) is 0 Å². The fourth-order valence-corrected chi connectivity index (χ4v) is 1.72. The van der Waals surface area contributed by atoms with Crippen molar-refractivity contribution in [3.63, 3.8) is 0 Å². The zero-order chi connectivity index (χ0) is 13.3. The van der Waals surface area contributed by atoms with E-state index in [4.69, 9.17) is 17.6 Å². The zero-order valence-electron chi connectivity index (χ0n) is 9.99. The number of hydrogen-bond acceptors (Lipinski definition) is 4. The second-order valence-electron chi connectivity index (χ2n) is 3.87. The van der Waals surface area contributed by atoms with E-state index < -0.39 is 0 Å². The minimum atomic E-state index is -0.179. The molecule has 0 aromatic carbocycles. The summed E-state index contributed by atoms with van der Waals surface area (Å²) in [6, 6.07) is 1.69. The summed E-state index contributed by atoms with van der Waals surface area (Å²) in [6.07, 6.45) is 3.55. The predicted octanol–water partition coefficient (Wildman–Crippen LogP) is 1.23. The zero-order valence-corrected chi connectivity index (χ0v) is 9.99. The molecule has 0 aliphatic heterocycles. The fourth-order valence-electron chi connectivity index (χ4n) is 1.72. The van der Waals surface area contributed by atoms with Crippen LogP contribution in [0.25, 0.3) is 4.85 Å². The Balaban J connectivity index is 2.50. The van der Waals surface area contributed by atoms with Crippen LogP contribution in [-0.2, 0) is 7.05 Å². The Morgan fingerprint density at radius 2 is 2.33 bits per heavy atom. The van der Waals surface area contributed by atoms with Gasteiger partial charge in [0.1, 0.15) is 11.9 Å². The highest BCUT2D eigenvalue weighted by Crippen LogP contribution is 2.30. The Morgan fingerprint density at radius 3 is 2.78 bits per heavy atom. The van der Waals surface area contributed by atoms with Gasteiger partial charge in [-0.1, -0.05) is 0 Å². The van der Waals surface area contributed by atoms with Crippen LogP contribution in [0.15, 0.2) is 12.4 Å². The standard InChI is InChI=1S/C11H11N7/c1-7(8-5-15-17(3)6-8)18-11(13)10(14-2)9(4-12)16-18/h5-7H,13H2,1,3H3. The van der Waals surface area contributed by atoms with E-state index in [-0.39, 0.29) is 23.2 Å². The molecule has 0 saturated carbocycles. The number of nitrogens with two attached hydrogens (primary N) is 1. The first-order chi connectivity index (χ1) is 8.58. The van der Waals surface area contributed by atoms with E-state index in [1.807, 2.05) is 26.2 Å². The van der Waals surface area contributed by atoms with Gasteiger partial charge in [-0.2, -0.15) is 15.5 Å². The summed E-state index contributed by atoms with van der Waals surface area (Å²) in [5.41, 5.74) is 6.91. The van der Waals surface area contributed by atoms with Crippen LogP contribution in [-0.4, -0.2) is 19.6 Å². The summed E-state index contributed by atoms with van der Waals surface area (Å²) in [6.45, 7) is 8.90. The molecule has 2 heterocycles. The number of nitrogens with zero attached hydrogens (tertiary/aromatic N) is 6. The lowest BCUT2D eigenvalue weighted by molar-refractivity contribution is 0.571. The maximum absolute atomic E-state index is 8.90. The molecule has 0 fully saturated rings. The van der Waals surface area contributed by atoms with Crippen molar-refractivity contribution in [2.75, 3.05) is 5.73 Å². The summed E-state index contributed by atoms with van der Waals surface area (Å²) >= 11 is 0. The topological polar surface area (TPSA) is 89.8 Å². The van der Waals surface area contributed by atoms with Crippen LogP contribution in [0.4, 0.5) is 11.5 Å². The van der Waals surface area contributed by atoms with Crippen LogP contribution in [0, 0.1) is 17.9 Å². The van der Waals surface area contributed by atoms with E-state index in [9.17, 15) is 0 Å². The first-order valence-electron chi connectivity index (χ1n) is 5.22. The molecule has 0 bridgehead atoms. The van der Waals surface area contributed by atoms with E-state index in [2.05, 4.69) is 15.0 Å². The molecular formula is C11H11N7. The number of aromatic nitrogens is 4. The smallest absolute Gasteiger partial charge is 0.264 e. The van der Waals surface area contributed by atoms with E-state index >= 15 is 0 Å². The lowest BCUT2D eigenvalue weighted by Gasteiger charge is -2.11. The molecule has 0 spiro atoms. The number of rotatable bonds is 2. The van der Waals surface area contributed by atoms with Gasteiger partial charge in [0.15, 0.2) is 5.69 Å². The Morgan fingerprint density at radius 1 is 1.61 bits per heavy atom. The third-order valence-corrected chi connectivity index (χ3v) is 2.71. The minimum Gasteiger partial charge on any atom is -0.393 e. The quantitative estimate of drug-likeness (QED) is 0.801. The van der Waals surface area contributed by atoms with Crippen LogP contribution in [0.5, 0.6) is 0 Å². The average molecular weight is 241 g/mol. The predicted molar refractivity (Wildman–Crippen MR) is 64.6 cm³/mol. The normalized spacial score (nSPS) is 11.8. The van der Waals surface area contributed by atoms with Gasteiger partial charge in [-0.3, -0.25) is 9.36 Å². The summed E-state index contributed by atoms with van der Waals surface area (Å²) in [7, 11) is 1.81. The number of nitrogen functional groups attached to an aromatic ring is 1. The SMILES string of the molecule is [C-]#[N+]c1c(C#N)nn(C(C)c2cnn(C)c2)c1N. The van der Waals surface area contributed by atoms with Gasteiger partial charge >= 0.3 is 0 Å². The van der Waals surface area contributed by atoms with Gasteiger partial charge in [0.05, 0.1) is 18.8 Å². The van der Waals surface area contributed by atoms with Crippen molar-refractivity contribution >= 4 is 11.5 Å². The number of nitriles is 1. The van der Waals surface area contributed by atoms with Gasteiger partial charge in [0, 0.05) is 18.8 Å². The van der Waals surface area contributed by atoms with Crippen molar-refractivity contribution in [2.45, 2.75) is 13.0 Å². The maximum atomic E-state index is 8.90. The van der Waals surface area contributed by atoms with Crippen molar-refractivity contribution in [3.05, 3.63) is 35.1 Å². The van der Waals surface area contributed by atoms with Crippen LogP contribution in [0.1, 0.15) is 24.2 Å². The van der Waals surface area contributed by atoms with Crippen LogP contribution in [0.3, 0.4) is 0 Å². The first kappa shape index (κ1) is 11.7. The van der Waals surface area contributed by atoms with Crippen LogP contribution in [0.2, 0.25) is 0 Å². The number of hydrogen-bond donors (Lipinski definition) is 1. The van der Waals surface area contributed by atoms with Gasteiger partial charge < -0.3 is 5.73 Å². The molecule has 2 aromatic rings. The molecule has 1 atom stereocenters. The Kier molecular flexibility index (Phi) is 2.74. The van der Waals surface area contributed by atoms with Crippen molar-refractivity contribution in [3.8, 4) is 6.07 Å². The van der Waals surface area contributed by atoms with E-state index in [1.54, 1.807) is 10.9 Å². The molecule has 2 aromatic heterocycles. The number of anilines is 1. The lowest BCUT2D eigenvalue weighted by Crippen LogP contribution is -2.11. The van der Waals surface area contributed by atoms with E-state index in [0.29, 0.717) is 0 Å². The highest BCUT2D eigenvalue weighted by atomic mass is 15.3. The molecule has 1 unspecified atom stereocenters. The fraction of sp³-hybridized carbons (Fsp3) is 0.273. The van der Waals surface area contributed by atoms with E-state index in [0.717, 1.165) is 5.56 Å². The number of aryl methyl sites for hydroxylation is 1. The first-order valence-corrected chi connectivity index (χ1v) is 5.22. The summed E-state index contributed by atoms with van der Waals surface area (Å²) in [5, 5.41) is 17.0. The molecule has 90 valence electrons. The molecule has 0 radical (unpaired) electrons. The second kappa shape index (κ2) is 4.22. The maximum Gasteiger partial charge on any atom is 0.264 e. The highest BCUT2D eigenvalue weighted by Gasteiger charge is 2.20. The summed E-state index contributed by atoms with van der Waals surface area (Å²) < 4.78 is 3.15. The van der Waals surface area contributed by atoms with Crippen molar-refractivity contribution in [1.82, 2.24) is 19.6 Å². The summed E-state index contributed by atoms with van der Waals surface area (Å²) in [4.78, 5) is 3.24. The Labute approximate surface area is 104 Å². The molecule has 0 saturated heterocycles. The monoisotopic (exact) mass is 241 g/mol. The minimum absolute atomic E-state index is 0.0539. The van der Waals surface area contributed by atoms with Gasteiger partial charge in [-0.05, 0) is 6.92 Å². The molecule has 2 N–H and O–H groups in total. The molecule has 2 rings (SSSR count). The second-order valence-corrected chi connectivity index (χ2v) is 3.87. The van der Waals surface area contributed by atoms with Crippen molar-refractivity contribution in [1.29, 1.82) is 5.26 Å².